The van der Waals surface area contributed by atoms with E-state index in [-0.39, 0.29) is 16.3 Å². The Labute approximate surface area is 178 Å². The van der Waals surface area contributed by atoms with Gasteiger partial charge in [-0.1, -0.05) is 18.2 Å². The van der Waals surface area contributed by atoms with Gasteiger partial charge in [-0.05, 0) is 44.2 Å². The zero-order valence-electron chi connectivity index (χ0n) is 16.6. The van der Waals surface area contributed by atoms with Crippen molar-refractivity contribution in [2.75, 3.05) is 5.43 Å². The third-order valence-electron chi connectivity index (χ3n) is 5.21. The van der Waals surface area contributed by atoms with Gasteiger partial charge in [0.05, 0.1) is 16.5 Å². The molecule has 0 aromatic heterocycles. The summed E-state index contributed by atoms with van der Waals surface area (Å²) >= 11 is 0. The lowest BCUT2D eigenvalue weighted by Gasteiger charge is -2.38. The SMILES string of the molecule is CC(=O)C1=C(C)N(Nc2ccc(S(N)(=O)=O)cc2)C(=O)C2=C(O)Oc3ccccc3C21. The van der Waals surface area contributed by atoms with Crippen LogP contribution in [0.2, 0.25) is 0 Å². The molecule has 160 valence electrons. The summed E-state index contributed by atoms with van der Waals surface area (Å²) < 4.78 is 28.3. The number of sulfonamides is 1. The number of carbonyl (C=O) groups excluding carboxylic acids is 2. The fourth-order valence-corrected chi connectivity index (χ4v) is 4.32. The summed E-state index contributed by atoms with van der Waals surface area (Å²) in [5, 5.41) is 16.7. The highest BCUT2D eigenvalue weighted by molar-refractivity contribution is 7.89. The van der Waals surface area contributed by atoms with Gasteiger partial charge in [0.15, 0.2) is 5.78 Å². The maximum Gasteiger partial charge on any atom is 0.292 e. The van der Waals surface area contributed by atoms with Crippen molar-refractivity contribution in [2.45, 2.75) is 24.7 Å². The van der Waals surface area contributed by atoms with E-state index in [1.807, 2.05) is 0 Å². The molecule has 0 saturated heterocycles. The first-order valence-corrected chi connectivity index (χ1v) is 10.8. The lowest BCUT2D eigenvalue weighted by atomic mass is 9.78. The summed E-state index contributed by atoms with van der Waals surface area (Å²) in [5.41, 5.74) is 4.45. The number of amides is 1. The third kappa shape index (κ3) is 3.45. The number of ketones is 1. The first kappa shape index (κ1) is 20.6. The predicted molar refractivity (Wildman–Crippen MR) is 111 cm³/mol. The quantitative estimate of drug-likeness (QED) is 0.662. The smallest absolute Gasteiger partial charge is 0.292 e. The minimum absolute atomic E-state index is 0.0665. The first-order chi connectivity index (χ1) is 14.6. The number of fused-ring (bicyclic) bond motifs is 3. The normalized spacial score (nSPS) is 18.4. The molecule has 0 saturated carbocycles. The number of carbonyl (C=O) groups is 2. The van der Waals surface area contributed by atoms with Gasteiger partial charge in [-0.25, -0.2) is 18.6 Å². The molecular formula is C21H19N3O6S. The largest absolute Gasteiger partial charge is 0.480 e. The van der Waals surface area contributed by atoms with E-state index in [0.717, 1.165) is 5.01 Å². The predicted octanol–water partition coefficient (Wildman–Crippen LogP) is 2.31. The molecule has 2 heterocycles. The van der Waals surface area contributed by atoms with Gasteiger partial charge in [0.2, 0.25) is 10.0 Å². The van der Waals surface area contributed by atoms with Gasteiger partial charge in [-0.3, -0.25) is 15.0 Å². The standard InChI is InChI=1S/C21H19N3O6S/c1-11-17(12(2)25)18-15-5-3-4-6-16(15)30-21(27)19(18)20(26)24(11)23-13-7-9-14(10-8-13)31(22,28)29/h3-10,18,23,27H,1-2H3,(H2,22,28,29). The van der Waals surface area contributed by atoms with E-state index in [1.165, 1.54) is 31.2 Å². The van der Waals surface area contributed by atoms with Gasteiger partial charge < -0.3 is 9.84 Å². The summed E-state index contributed by atoms with van der Waals surface area (Å²) in [7, 11) is -3.87. The average Bonchev–Trinajstić information content (AvgIpc) is 2.70. The number of para-hydroxylation sites is 1. The molecule has 0 fully saturated rings. The summed E-state index contributed by atoms with van der Waals surface area (Å²) in [5.74, 6) is -1.84. The van der Waals surface area contributed by atoms with E-state index in [2.05, 4.69) is 5.43 Å². The molecule has 10 heteroatoms. The topological polar surface area (TPSA) is 139 Å². The highest BCUT2D eigenvalue weighted by Crippen LogP contribution is 2.47. The Hall–Kier alpha value is -3.63. The number of Topliss-reactive ketones (excluding diaryl/α,β-unsaturated/α-hetero) is 1. The number of rotatable bonds is 4. The molecule has 0 radical (unpaired) electrons. The van der Waals surface area contributed by atoms with E-state index >= 15 is 0 Å². The number of anilines is 1. The molecule has 0 aliphatic carbocycles. The van der Waals surface area contributed by atoms with Gasteiger partial charge in [0, 0.05) is 16.8 Å². The molecule has 0 spiro atoms. The fourth-order valence-electron chi connectivity index (χ4n) is 3.81. The van der Waals surface area contributed by atoms with Crippen molar-refractivity contribution in [3.05, 3.63) is 76.9 Å². The minimum atomic E-state index is -3.87. The molecule has 4 rings (SSSR count). The number of aliphatic hydroxyl groups is 1. The molecule has 2 aromatic carbocycles. The van der Waals surface area contributed by atoms with Crippen molar-refractivity contribution in [1.29, 1.82) is 0 Å². The van der Waals surface area contributed by atoms with Crippen LogP contribution < -0.4 is 15.3 Å². The van der Waals surface area contributed by atoms with Gasteiger partial charge in [0.25, 0.3) is 11.9 Å². The molecule has 31 heavy (non-hydrogen) atoms. The van der Waals surface area contributed by atoms with Crippen LogP contribution in [0.1, 0.15) is 25.3 Å². The monoisotopic (exact) mass is 441 g/mol. The van der Waals surface area contributed by atoms with Crippen LogP contribution in [0, 0.1) is 0 Å². The van der Waals surface area contributed by atoms with Crippen molar-refractivity contribution in [2.24, 2.45) is 5.14 Å². The molecule has 4 N–H and O–H groups in total. The molecule has 1 unspecified atom stereocenters. The number of hydrogen-bond acceptors (Lipinski definition) is 7. The van der Waals surface area contributed by atoms with Gasteiger partial charge >= 0.3 is 0 Å². The number of nitrogens with one attached hydrogen (secondary N) is 1. The molecule has 9 nitrogen and oxygen atoms in total. The van der Waals surface area contributed by atoms with Crippen LogP contribution in [0.5, 0.6) is 5.75 Å². The average molecular weight is 441 g/mol. The Kier molecular flexibility index (Phi) is 4.83. The molecule has 2 aliphatic heterocycles. The summed E-state index contributed by atoms with van der Waals surface area (Å²) in [6, 6.07) is 12.3. The lowest BCUT2D eigenvalue weighted by Crippen LogP contribution is -2.44. The highest BCUT2D eigenvalue weighted by atomic mass is 32.2. The van der Waals surface area contributed by atoms with Crippen LogP contribution in [0.25, 0.3) is 0 Å². The van der Waals surface area contributed by atoms with Crippen LogP contribution in [-0.2, 0) is 19.6 Å². The summed E-state index contributed by atoms with van der Waals surface area (Å²) in [4.78, 5) is 25.8. The second-order valence-electron chi connectivity index (χ2n) is 7.17. The Morgan fingerprint density at radius 2 is 1.81 bits per heavy atom. The Bertz CT molecular complexity index is 1280. The molecule has 0 bridgehead atoms. The zero-order chi connectivity index (χ0) is 22.5. The number of nitrogens with zero attached hydrogens (tertiary/aromatic N) is 1. The van der Waals surface area contributed by atoms with Crippen LogP contribution in [0.15, 0.2) is 76.2 Å². The highest BCUT2D eigenvalue weighted by Gasteiger charge is 2.45. The van der Waals surface area contributed by atoms with Crippen molar-refractivity contribution in [3.8, 4) is 5.75 Å². The van der Waals surface area contributed by atoms with E-state index < -0.39 is 27.8 Å². The van der Waals surface area contributed by atoms with Crippen molar-refractivity contribution in [1.82, 2.24) is 5.01 Å². The Balaban J connectivity index is 1.81. The molecule has 2 aromatic rings. The number of benzene rings is 2. The van der Waals surface area contributed by atoms with Gasteiger partial charge in [-0.2, -0.15) is 0 Å². The summed E-state index contributed by atoms with van der Waals surface area (Å²) in [6.07, 6.45) is 0. The minimum Gasteiger partial charge on any atom is -0.480 e. The van der Waals surface area contributed by atoms with Crippen molar-refractivity contribution in [3.63, 3.8) is 0 Å². The second-order valence-corrected chi connectivity index (χ2v) is 8.73. The number of primary sulfonamides is 1. The van der Waals surface area contributed by atoms with Crippen LogP contribution in [0.4, 0.5) is 5.69 Å². The number of aliphatic hydroxyl groups excluding tert-OH is 1. The van der Waals surface area contributed by atoms with Crippen molar-refractivity contribution < 1.29 is 27.9 Å². The second kappa shape index (κ2) is 7.25. The molecule has 1 atom stereocenters. The summed E-state index contributed by atoms with van der Waals surface area (Å²) in [6.45, 7) is 3.01. The Morgan fingerprint density at radius 1 is 1.16 bits per heavy atom. The molecule has 2 aliphatic rings. The number of allylic oxidation sites excluding steroid dienone is 2. The van der Waals surface area contributed by atoms with Gasteiger partial charge in [-0.15, -0.1) is 0 Å². The first-order valence-electron chi connectivity index (χ1n) is 9.25. The fraction of sp³-hybridized carbons (Fsp3) is 0.143. The van der Waals surface area contributed by atoms with Gasteiger partial charge in [0.1, 0.15) is 11.3 Å². The van der Waals surface area contributed by atoms with E-state index in [0.29, 0.717) is 28.3 Å². The number of nitrogens with two attached hydrogens (primary N) is 1. The Morgan fingerprint density at radius 3 is 2.42 bits per heavy atom. The number of hydrazine groups is 1. The van der Waals surface area contributed by atoms with E-state index in [1.54, 1.807) is 31.2 Å². The van der Waals surface area contributed by atoms with Crippen molar-refractivity contribution >= 4 is 27.4 Å². The van der Waals surface area contributed by atoms with Crippen LogP contribution >= 0.6 is 0 Å². The number of hydrogen-bond donors (Lipinski definition) is 3. The van der Waals surface area contributed by atoms with Crippen LogP contribution in [-0.4, -0.2) is 30.2 Å². The number of ether oxygens (including phenoxy) is 1. The maximum absolute atomic E-state index is 13.3. The lowest BCUT2D eigenvalue weighted by molar-refractivity contribution is -0.125. The third-order valence-corrected chi connectivity index (χ3v) is 6.14. The van der Waals surface area contributed by atoms with E-state index in [9.17, 15) is 23.1 Å². The molecule has 1 amide bonds. The van der Waals surface area contributed by atoms with Crippen LogP contribution in [0.3, 0.4) is 0 Å². The zero-order valence-corrected chi connectivity index (χ0v) is 17.4. The molecular weight excluding hydrogens is 422 g/mol. The van der Waals surface area contributed by atoms with E-state index in [4.69, 9.17) is 9.88 Å². The maximum atomic E-state index is 13.3.